The smallest absolute Gasteiger partial charge is 0.220 e. The zero-order valence-corrected chi connectivity index (χ0v) is 35.5. The van der Waals surface area contributed by atoms with Crippen molar-refractivity contribution in [1.29, 1.82) is 0 Å². The van der Waals surface area contributed by atoms with E-state index in [1.165, 1.54) is 0 Å². The normalized spacial score (nSPS) is 10.7. The molecule has 0 spiro atoms. The molecule has 0 bridgehead atoms. The molecule has 10 nitrogen and oxygen atoms in total. The zero-order chi connectivity index (χ0) is 38.4. The Morgan fingerprint density at radius 1 is 0.571 bits per heavy atom. The first-order valence-electron chi connectivity index (χ1n) is 18.0. The predicted octanol–water partition coefficient (Wildman–Crippen LogP) is 0.519. The van der Waals surface area contributed by atoms with Crippen LogP contribution in [0.25, 0.3) is 24.3 Å². The average molecular weight is 844 g/mol. The quantitative estimate of drug-likeness (QED) is 0.0634. The predicted molar refractivity (Wildman–Crippen MR) is 220 cm³/mol. The largest absolute Gasteiger partial charge is 1.00 e. The van der Waals surface area contributed by atoms with E-state index in [0.717, 1.165) is 82.7 Å². The first kappa shape index (κ1) is 47.8. The summed E-state index contributed by atoms with van der Waals surface area (Å²) in [5, 5.41) is 6.01. The van der Waals surface area contributed by atoms with Gasteiger partial charge in [-0.05, 0) is 47.5 Å². The van der Waals surface area contributed by atoms with Gasteiger partial charge in [0.2, 0.25) is 11.8 Å². The fourth-order valence-corrected chi connectivity index (χ4v) is 7.19. The molecule has 2 amide bonds. The molecule has 0 saturated carbocycles. The van der Waals surface area contributed by atoms with E-state index in [1.807, 2.05) is 110 Å². The maximum absolute atomic E-state index is 12.3. The molecule has 14 heteroatoms. The first-order chi connectivity index (χ1) is 26.4. The lowest BCUT2D eigenvalue weighted by molar-refractivity contribution is -0.697. The molecule has 4 rings (SSSR count). The lowest BCUT2D eigenvalue weighted by Gasteiger charge is -2.07. The molecule has 0 aliphatic rings. The molecule has 4 aromatic rings. The molecular weight excluding hydrogens is 792 g/mol. The van der Waals surface area contributed by atoms with Crippen molar-refractivity contribution in [2.45, 2.75) is 38.8 Å². The minimum absolute atomic E-state index is 0. The van der Waals surface area contributed by atoms with Crippen molar-refractivity contribution in [1.82, 2.24) is 10.6 Å². The van der Waals surface area contributed by atoms with Crippen LogP contribution in [0.5, 0.6) is 23.0 Å². The van der Waals surface area contributed by atoms with Crippen LogP contribution in [0.2, 0.25) is 0 Å². The van der Waals surface area contributed by atoms with Gasteiger partial charge in [-0.3, -0.25) is 9.59 Å². The summed E-state index contributed by atoms with van der Waals surface area (Å²) >= 11 is 0. The average Bonchev–Trinajstić information content (AvgIpc) is 3.20. The van der Waals surface area contributed by atoms with E-state index in [-0.39, 0.29) is 36.6 Å². The Balaban J connectivity index is 0.00000541. The van der Waals surface area contributed by atoms with Crippen LogP contribution in [0.4, 0.5) is 0 Å². The highest BCUT2D eigenvalue weighted by molar-refractivity contribution is 8.76. The highest BCUT2D eigenvalue weighted by Gasteiger charge is 2.08. The molecule has 2 N–H and O–H groups in total. The number of ether oxygens (including phenoxy) is 4. The molecule has 0 saturated heterocycles. The van der Waals surface area contributed by atoms with Crippen molar-refractivity contribution >= 4 is 57.7 Å². The number of halogens is 2. The Hall–Kier alpha value is -4.36. The number of aryl methyl sites for hydroxylation is 2. The Labute approximate surface area is 351 Å². The van der Waals surface area contributed by atoms with Gasteiger partial charge < -0.3 is 54.4 Å². The molecule has 0 aliphatic carbocycles. The van der Waals surface area contributed by atoms with E-state index < -0.39 is 0 Å². The number of nitrogens with zero attached hydrogens (tertiary/aromatic N) is 2. The van der Waals surface area contributed by atoms with Gasteiger partial charge in [0, 0.05) is 85.7 Å². The molecule has 0 unspecified atom stereocenters. The van der Waals surface area contributed by atoms with Gasteiger partial charge in [0.15, 0.2) is 24.8 Å². The number of nitrogens with one attached hydrogen (secondary N) is 2. The van der Waals surface area contributed by atoms with Gasteiger partial charge in [-0.1, -0.05) is 45.9 Å². The number of aromatic nitrogens is 2. The van der Waals surface area contributed by atoms with E-state index in [9.17, 15) is 9.59 Å². The van der Waals surface area contributed by atoms with E-state index in [1.54, 1.807) is 50.0 Å². The topological polar surface area (TPSA) is 103 Å². The Kier molecular flexibility index (Phi) is 23.3. The molecule has 0 fully saturated rings. The third-order valence-corrected chi connectivity index (χ3v) is 10.8. The lowest BCUT2D eigenvalue weighted by atomic mass is 10.1. The Morgan fingerprint density at radius 2 is 0.964 bits per heavy atom. The zero-order valence-electron chi connectivity index (χ0n) is 32.4. The lowest BCUT2D eigenvalue weighted by Crippen LogP contribution is -3.00. The third kappa shape index (κ3) is 17.2. The Morgan fingerprint density at radius 3 is 1.32 bits per heavy atom. The number of amides is 2. The first-order valence-corrected chi connectivity index (χ1v) is 20.5. The van der Waals surface area contributed by atoms with Crippen LogP contribution < -0.4 is 63.5 Å². The summed E-state index contributed by atoms with van der Waals surface area (Å²) in [5.74, 6) is 4.89. The monoisotopic (exact) mass is 842 g/mol. The summed E-state index contributed by atoms with van der Waals surface area (Å²) in [4.78, 5) is 24.6. The van der Waals surface area contributed by atoms with Gasteiger partial charge in [-0.2, -0.15) is 0 Å². The van der Waals surface area contributed by atoms with Crippen LogP contribution in [-0.2, 0) is 22.7 Å². The molecule has 56 heavy (non-hydrogen) atoms. The highest BCUT2D eigenvalue weighted by atomic mass is 35.5. The van der Waals surface area contributed by atoms with Crippen LogP contribution >= 0.6 is 21.6 Å². The van der Waals surface area contributed by atoms with Crippen LogP contribution in [0, 0.1) is 0 Å². The van der Waals surface area contributed by atoms with Gasteiger partial charge in [-0.15, -0.1) is 0 Å². The van der Waals surface area contributed by atoms with Crippen LogP contribution in [-0.4, -0.2) is 64.8 Å². The van der Waals surface area contributed by atoms with Crippen LogP contribution in [0.3, 0.4) is 0 Å². The number of carbonyl (C=O) groups excluding carboxylic acids is 2. The fourth-order valence-electron chi connectivity index (χ4n) is 5.37. The van der Waals surface area contributed by atoms with Crippen molar-refractivity contribution < 1.29 is 62.5 Å². The van der Waals surface area contributed by atoms with Gasteiger partial charge in [0.1, 0.15) is 36.1 Å². The van der Waals surface area contributed by atoms with Crippen molar-refractivity contribution in [2.75, 3.05) is 53.0 Å². The third-order valence-electron chi connectivity index (χ3n) is 8.36. The number of pyridine rings is 2. The van der Waals surface area contributed by atoms with E-state index in [0.29, 0.717) is 25.9 Å². The van der Waals surface area contributed by atoms with Crippen molar-refractivity contribution in [3.8, 4) is 23.0 Å². The van der Waals surface area contributed by atoms with E-state index in [2.05, 4.69) is 19.8 Å². The SMILES string of the molecule is COc1ccc(OC)c(/C=C/c2cc[n+](CCCC(=O)NCCSSCCNC(=O)CCC[n+]3ccc(/C=C/c4cc(OC)ccc4OC)cc3)cc2)c1.[Cl-].[Cl-]. The van der Waals surface area contributed by atoms with E-state index >= 15 is 0 Å². The Bertz CT molecular complexity index is 1700. The number of rotatable bonds is 23. The van der Waals surface area contributed by atoms with E-state index in [4.69, 9.17) is 18.9 Å². The summed E-state index contributed by atoms with van der Waals surface area (Å²) in [6.45, 7) is 2.79. The van der Waals surface area contributed by atoms with Crippen LogP contribution in [0.15, 0.2) is 85.5 Å². The molecule has 2 heterocycles. The number of methoxy groups -OCH3 is 4. The summed E-state index contributed by atoms with van der Waals surface area (Å²) in [6.07, 6.45) is 18.7. The second kappa shape index (κ2) is 27.3. The molecular formula is C42H52Cl2N4O6S2. The second-order valence-electron chi connectivity index (χ2n) is 12.2. The molecule has 0 radical (unpaired) electrons. The summed E-state index contributed by atoms with van der Waals surface area (Å²) in [6, 6.07) is 19.6. The number of hydrogen-bond acceptors (Lipinski definition) is 8. The van der Waals surface area contributed by atoms with Crippen molar-refractivity contribution in [3.63, 3.8) is 0 Å². The second-order valence-corrected chi connectivity index (χ2v) is 14.9. The molecule has 302 valence electrons. The molecule has 0 atom stereocenters. The minimum atomic E-state index is 0. The van der Waals surface area contributed by atoms with Crippen LogP contribution in [0.1, 0.15) is 47.9 Å². The molecule has 2 aromatic carbocycles. The van der Waals surface area contributed by atoms with Crippen molar-refractivity contribution in [2.24, 2.45) is 0 Å². The molecule has 0 aliphatic heterocycles. The summed E-state index contributed by atoms with van der Waals surface area (Å²) in [7, 11) is 10.0. The summed E-state index contributed by atoms with van der Waals surface area (Å²) < 4.78 is 25.7. The number of hydrogen-bond donors (Lipinski definition) is 2. The number of benzene rings is 2. The fraction of sp³-hybridized carbons (Fsp3) is 0.333. The van der Waals surface area contributed by atoms with Crippen molar-refractivity contribution in [3.05, 3.63) is 108 Å². The highest BCUT2D eigenvalue weighted by Crippen LogP contribution is 2.27. The van der Waals surface area contributed by atoms with Gasteiger partial charge in [0.05, 0.1) is 28.4 Å². The number of carbonyl (C=O) groups is 2. The van der Waals surface area contributed by atoms with Gasteiger partial charge in [-0.25, -0.2) is 9.13 Å². The molecule has 2 aromatic heterocycles. The van der Waals surface area contributed by atoms with Gasteiger partial charge in [0.25, 0.3) is 0 Å². The van der Waals surface area contributed by atoms with Gasteiger partial charge >= 0.3 is 0 Å². The standard InChI is InChI=1S/C42H50N4O6S2.2ClH/c1-49-37-13-15-39(51-3)35(31-37)11-9-33-17-25-45(26-18-33)23-5-7-41(47)43-21-29-53-54-30-22-44-42(48)8-6-24-46-27-19-34(20-28-46)10-12-36-32-38(50-2)14-16-40(36)52-4;;/h9-20,25-28,31-32H,5-8,21-24,29-30H2,1-4H3;2*1H/b11-9+,12-10+;;. The maximum atomic E-state index is 12.3. The summed E-state index contributed by atoms with van der Waals surface area (Å²) in [5.41, 5.74) is 4.02. The minimum Gasteiger partial charge on any atom is -1.00 e. The maximum Gasteiger partial charge on any atom is 0.220 e.